The molecule has 1 saturated carbocycles. The fraction of sp³-hybridized carbons (Fsp3) is 0.500. The van der Waals surface area contributed by atoms with E-state index in [9.17, 15) is 5.11 Å². The molecular formula is C12H15ClN6O. The lowest BCUT2D eigenvalue weighted by Crippen LogP contribution is -2.27. The van der Waals surface area contributed by atoms with Gasteiger partial charge in [0.1, 0.15) is 0 Å². The summed E-state index contributed by atoms with van der Waals surface area (Å²) in [5.74, 6) is 1.02. The first-order chi connectivity index (χ1) is 9.76. The van der Waals surface area contributed by atoms with Gasteiger partial charge in [-0.2, -0.15) is 20.1 Å². The Labute approximate surface area is 121 Å². The number of aromatic nitrogens is 5. The highest BCUT2D eigenvalue weighted by molar-refractivity contribution is 6.28. The monoisotopic (exact) mass is 294 g/mol. The molecule has 1 aliphatic rings. The lowest BCUT2D eigenvalue weighted by Gasteiger charge is -2.19. The molecule has 0 aromatic carbocycles. The highest BCUT2D eigenvalue weighted by Crippen LogP contribution is 2.27. The number of halogens is 1. The zero-order valence-electron chi connectivity index (χ0n) is 10.8. The molecule has 2 N–H and O–H groups in total. The molecule has 1 aliphatic carbocycles. The quantitative estimate of drug-likeness (QED) is 0.883. The van der Waals surface area contributed by atoms with E-state index in [0.717, 1.165) is 19.3 Å². The van der Waals surface area contributed by atoms with E-state index >= 15 is 0 Å². The number of nitrogens with zero attached hydrogens (tertiary/aromatic N) is 5. The number of rotatable bonds is 4. The van der Waals surface area contributed by atoms with Gasteiger partial charge in [0.05, 0.1) is 0 Å². The first-order valence-electron chi connectivity index (χ1n) is 6.55. The largest absolute Gasteiger partial charge is 0.396 e. The number of aliphatic hydroxyl groups excluding tert-OH is 1. The van der Waals surface area contributed by atoms with Crippen LogP contribution in [0.25, 0.3) is 5.95 Å². The van der Waals surface area contributed by atoms with Crippen molar-refractivity contribution in [3.63, 3.8) is 0 Å². The molecule has 0 bridgehead atoms. The smallest absolute Gasteiger partial charge is 0.256 e. The molecule has 0 radical (unpaired) electrons. The number of hydrogen-bond donors (Lipinski definition) is 2. The van der Waals surface area contributed by atoms with Gasteiger partial charge in [-0.25, -0.2) is 4.68 Å². The summed E-state index contributed by atoms with van der Waals surface area (Å²) in [6.45, 7) is 0.169. The van der Waals surface area contributed by atoms with Crippen molar-refractivity contribution in [2.45, 2.75) is 25.3 Å². The van der Waals surface area contributed by atoms with Gasteiger partial charge in [0.25, 0.3) is 5.95 Å². The maximum Gasteiger partial charge on any atom is 0.256 e. The number of aliphatic hydroxyl groups is 1. The van der Waals surface area contributed by atoms with Crippen LogP contribution in [-0.2, 0) is 0 Å². The van der Waals surface area contributed by atoms with E-state index in [1.54, 1.807) is 18.5 Å². The molecule has 2 atom stereocenters. The minimum Gasteiger partial charge on any atom is -0.396 e. The summed E-state index contributed by atoms with van der Waals surface area (Å²) in [5.41, 5.74) is 0. The number of anilines is 1. The van der Waals surface area contributed by atoms with Crippen molar-refractivity contribution < 1.29 is 5.11 Å². The van der Waals surface area contributed by atoms with Gasteiger partial charge in [-0.3, -0.25) is 0 Å². The molecule has 2 heterocycles. The van der Waals surface area contributed by atoms with Crippen LogP contribution in [0.1, 0.15) is 19.3 Å². The SMILES string of the molecule is OCC1CCCC1Nc1nc(Cl)nc(-n2cccn2)n1. The Bertz CT molecular complexity index is 575. The molecule has 0 aliphatic heterocycles. The highest BCUT2D eigenvalue weighted by Gasteiger charge is 2.27. The Hall–Kier alpha value is -1.73. The molecule has 2 aromatic rings. The van der Waals surface area contributed by atoms with E-state index in [0.29, 0.717) is 11.9 Å². The van der Waals surface area contributed by atoms with Crippen LogP contribution in [0.5, 0.6) is 0 Å². The van der Waals surface area contributed by atoms with Crippen LogP contribution in [0, 0.1) is 5.92 Å². The summed E-state index contributed by atoms with van der Waals surface area (Å²) in [5, 5.41) is 16.8. The van der Waals surface area contributed by atoms with E-state index in [1.165, 1.54) is 4.68 Å². The second-order valence-electron chi connectivity index (χ2n) is 4.80. The van der Waals surface area contributed by atoms with E-state index in [2.05, 4.69) is 25.4 Å². The third-order valence-electron chi connectivity index (χ3n) is 3.51. The Balaban J connectivity index is 1.83. The Morgan fingerprint density at radius 3 is 3.00 bits per heavy atom. The molecule has 0 saturated heterocycles. The predicted octanol–water partition coefficient (Wildman–Crippen LogP) is 1.28. The van der Waals surface area contributed by atoms with Crippen molar-refractivity contribution in [3.8, 4) is 5.95 Å². The molecule has 2 unspecified atom stereocenters. The van der Waals surface area contributed by atoms with E-state index < -0.39 is 0 Å². The van der Waals surface area contributed by atoms with E-state index in [1.807, 2.05) is 0 Å². The van der Waals surface area contributed by atoms with Crippen LogP contribution in [0.3, 0.4) is 0 Å². The lowest BCUT2D eigenvalue weighted by atomic mass is 10.1. The Morgan fingerprint density at radius 2 is 2.25 bits per heavy atom. The standard InChI is InChI=1S/C12H15ClN6O/c13-10-16-11(15-9-4-1-3-8(9)7-20)18-12(17-10)19-6-2-5-14-19/h2,5-6,8-9,20H,1,3-4,7H2,(H,15,16,17,18). The molecule has 2 aromatic heterocycles. The van der Waals surface area contributed by atoms with Crippen LogP contribution in [0.4, 0.5) is 5.95 Å². The summed E-state index contributed by atoms with van der Waals surface area (Å²) >= 11 is 5.93. The molecule has 0 spiro atoms. The molecule has 3 rings (SSSR count). The molecular weight excluding hydrogens is 280 g/mol. The minimum atomic E-state index is 0.117. The fourth-order valence-electron chi connectivity index (χ4n) is 2.50. The Kier molecular flexibility index (Phi) is 3.79. The van der Waals surface area contributed by atoms with Crippen molar-refractivity contribution in [3.05, 3.63) is 23.7 Å². The zero-order chi connectivity index (χ0) is 13.9. The fourth-order valence-corrected chi connectivity index (χ4v) is 2.66. The van der Waals surface area contributed by atoms with Gasteiger partial charge in [-0.05, 0) is 30.5 Å². The molecule has 8 heteroatoms. The average Bonchev–Trinajstić information content (AvgIpc) is 3.08. The highest BCUT2D eigenvalue weighted by atomic mass is 35.5. The van der Waals surface area contributed by atoms with Gasteiger partial charge < -0.3 is 10.4 Å². The predicted molar refractivity (Wildman–Crippen MR) is 73.8 cm³/mol. The van der Waals surface area contributed by atoms with Crippen LogP contribution in [0.2, 0.25) is 5.28 Å². The van der Waals surface area contributed by atoms with Crippen molar-refractivity contribution in [1.29, 1.82) is 0 Å². The maximum atomic E-state index is 9.34. The van der Waals surface area contributed by atoms with Crippen molar-refractivity contribution >= 4 is 17.5 Å². The van der Waals surface area contributed by atoms with Gasteiger partial charge in [0, 0.05) is 31.0 Å². The first-order valence-corrected chi connectivity index (χ1v) is 6.93. The third-order valence-corrected chi connectivity index (χ3v) is 3.68. The summed E-state index contributed by atoms with van der Waals surface area (Å²) in [7, 11) is 0. The first kappa shape index (κ1) is 13.3. The lowest BCUT2D eigenvalue weighted by molar-refractivity contribution is 0.222. The van der Waals surface area contributed by atoms with Gasteiger partial charge in [-0.15, -0.1) is 0 Å². The second-order valence-corrected chi connectivity index (χ2v) is 5.14. The van der Waals surface area contributed by atoms with Crippen molar-refractivity contribution in [2.24, 2.45) is 5.92 Å². The van der Waals surface area contributed by atoms with Gasteiger partial charge in [0.2, 0.25) is 11.2 Å². The van der Waals surface area contributed by atoms with Gasteiger partial charge in [0.15, 0.2) is 0 Å². The summed E-state index contributed by atoms with van der Waals surface area (Å²) in [6, 6.07) is 1.95. The average molecular weight is 295 g/mol. The summed E-state index contributed by atoms with van der Waals surface area (Å²) in [4.78, 5) is 12.4. The van der Waals surface area contributed by atoms with Gasteiger partial charge >= 0.3 is 0 Å². The van der Waals surface area contributed by atoms with Crippen molar-refractivity contribution in [1.82, 2.24) is 24.7 Å². The van der Waals surface area contributed by atoms with Crippen LogP contribution in [0.15, 0.2) is 18.5 Å². The zero-order valence-corrected chi connectivity index (χ0v) is 11.5. The number of nitrogens with one attached hydrogen (secondary N) is 1. The van der Waals surface area contributed by atoms with Gasteiger partial charge in [-0.1, -0.05) is 6.42 Å². The maximum absolute atomic E-state index is 9.34. The molecule has 106 valence electrons. The normalized spacial score (nSPS) is 22.1. The van der Waals surface area contributed by atoms with E-state index in [-0.39, 0.29) is 23.9 Å². The topological polar surface area (TPSA) is 88.8 Å². The molecule has 20 heavy (non-hydrogen) atoms. The van der Waals surface area contributed by atoms with Crippen LogP contribution in [-0.4, -0.2) is 42.5 Å². The van der Waals surface area contributed by atoms with Crippen LogP contribution >= 0.6 is 11.6 Å². The van der Waals surface area contributed by atoms with Crippen molar-refractivity contribution in [2.75, 3.05) is 11.9 Å². The molecule has 1 fully saturated rings. The van der Waals surface area contributed by atoms with E-state index in [4.69, 9.17) is 11.6 Å². The molecule has 7 nitrogen and oxygen atoms in total. The second kappa shape index (κ2) is 5.72. The summed E-state index contributed by atoms with van der Waals surface area (Å²) in [6.07, 6.45) is 6.48. The molecule has 0 amide bonds. The summed E-state index contributed by atoms with van der Waals surface area (Å²) < 4.78 is 1.52. The third kappa shape index (κ3) is 2.73. The Morgan fingerprint density at radius 1 is 1.35 bits per heavy atom. The number of hydrogen-bond acceptors (Lipinski definition) is 6. The van der Waals surface area contributed by atoms with Crippen LogP contribution < -0.4 is 5.32 Å². The minimum absolute atomic E-state index is 0.117.